The molecule has 0 aliphatic heterocycles. The molecule has 0 unspecified atom stereocenters. The molecule has 0 fully saturated rings. The predicted octanol–water partition coefficient (Wildman–Crippen LogP) is 4.39. The van der Waals surface area contributed by atoms with Gasteiger partial charge in [-0.1, -0.05) is 18.2 Å². The van der Waals surface area contributed by atoms with Gasteiger partial charge in [-0.05, 0) is 36.8 Å². The molecule has 0 aliphatic rings. The number of para-hydroxylation sites is 1. The molecule has 5 heteroatoms. The van der Waals surface area contributed by atoms with Crippen LogP contribution in [0.15, 0.2) is 47.4 Å². The van der Waals surface area contributed by atoms with Crippen LogP contribution < -0.4 is 5.32 Å². The average Bonchev–Trinajstić information content (AvgIpc) is 2.51. The number of nitrogens with zero attached hydrogens (tertiary/aromatic N) is 1. The number of thioether (sulfide) groups is 1. The van der Waals surface area contributed by atoms with Gasteiger partial charge in [0, 0.05) is 22.6 Å². The van der Waals surface area contributed by atoms with Crippen molar-refractivity contribution in [2.75, 3.05) is 11.1 Å². The second kappa shape index (κ2) is 7.62. The summed E-state index contributed by atoms with van der Waals surface area (Å²) in [6.07, 6.45) is 0.440. The summed E-state index contributed by atoms with van der Waals surface area (Å²) in [7, 11) is 0. The van der Waals surface area contributed by atoms with Crippen molar-refractivity contribution < 1.29 is 9.18 Å². The first-order valence-electron chi connectivity index (χ1n) is 6.78. The van der Waals surface area contributed by atoms with Crippen molar-refractivity contribution >= 4 is 23.4 Å². The van der Waals surface area contributed by atoms with E-state index in [-0.39, 0.29) is 5.91 Å². The first-order chi connectivity index (χ1) is 10.6. The Bertz CT molecular complexity index is 725. The lowest BCUT2D eigenvalue weighted by molar-refractivity contribution is 0.102. The molecule has 112 valence electrons. The summed E-state index contributed by atoms with van der Waals surface area (Å²) in [5.74, 6) is -0.125. The van der Waals surface area contributed by atoms with Crippen molar-refractivity contribution in [3.63, 3.8) is 0 Å². The van der Waals surface area contributed by atoms with Crippen molar-refractivity contribution in [3.05, 3.63) is 59.4 Å². The van der Waals surface area contributed by atoms with E-state index in [1.54, 1.807) is 19.1 Å². The molecule has 1 amide bonds. The van der Waals surface area contributed by atoms with Crippen LogP contribution in [-0.2, 0) is 0 Å². The van der Waals surface area contributed by atoms with Crippen molar-refractivity contribution in [1.82, 2.24) is 0 Å². The minimum Gasteiger partial charge on any atom is -0.321 e. The number of carbonyl (C=O) groups is 1. The summed E-state index contributed by atoms with van der Waals surface area (Å²) < 4.78 is 13.3. The van der Waals surface area contributed by atoms with Gasteiger partial charge in [0.25, 0.3) is 5.91 Å². The molecule has 0 aliphatic carbocycles. The summed E-state index contributed by atoms with van der Waals surface area (Å²) in [5.41, 5.74) is 1.70. The van der Waals surface area contributed by atoms with Crippen LogP contribution in [0.4, 0.5) is 10.1 Å². The highest BCUT2D eigenvalue weighted by molar-refractivity contribution is 7.99. The third kappa shape index (κ3) is 4.09. The lowest BCUT2D eigenvalue weighted by Gasteiger charge is -2.11. The summed E-state index contributed by atoms with van der Waals surface area (Å²) in [4.78, 5) is 13.2. The monoisotopic (exact) mass is 314 g/mol. The van der Waals surface area contributed by atoms with Crippen LogP contribution in [0.1, 0.15) is 22.3 Å². The maximum Gasteiger partial charge on any atom is 0.256 e. The average molecular weight is 314 g/mol. The van der Waals surface area contributed by atoms with E-state index in [1.165, 1.54) is 23.9 Å². The first-order valence-corrected chi connectivity index (χ1v) is 7.76. The molecule has 0 saturated heterocycles. The number of benzene rings is 2. The van der Waals surface area contributed by atoms with Gasteiger partial charge in [0.05, 0.1) is 11.8 Å². The van der Waals surface area contributed by atoms with Crippen LogP contribution >= 0.6 is 11.8 Å². The molecule has 0 atom stereocenters. The van der Waals surface area contributed by atoms with Gasteiger partial charge in [0.1, 0.15) is 5.82 Å². The van der Waals surface area contributed by atoms with Crippen LogP contribution in [0.5, 0.6) is 0 Å². The normalized spacial score (nSPS) is 10.0. The van der Waals surface area contributed by atoms with E-state index in [0.717, 1.165) is 4.90 Å². The lowest BCUT2D eigenvalue weighted by atomic mass is 10.1. The van der Waals surface area contributed by atoms with E-state index in [0.29, 0.717) is 29.0 Å². The molecule has 0 heterocycles. The molecule has 0 aromatic heterocycles. The molecule has 2 rings (SSSR count). The van der Waals surface area contributed by atoms with Crippen LogP contribution in [0, 0.1) is 24.1 Å². The molecule has 0 bridgehead atoms. The molecule has 2 aromatic carbocycles. The van der Waals surface area contributed by atoms with Crippen LogP contribution in [0.25, 0.3) is 0 Å². The standard InChI is InChI=1S/C17H15FN2OS/c1-12-7-8-13(18)11-14(12)17(21)20-15-5-2-3-6-16(15)22-10-4-9-19/h2-3,5-8,11H,4,10H2,1H3,(H,20,21). The van der Waals surface area contributed by atoms with E-state index >= 15 is 0 Å². The van der Waals surface area contributed by atoms with Crippen LogP contribution in [-0.4, -0.2) is 11.7 Å². The Labute approximate surface area is 133 Å². The fourth-order valence-electron chi connectivity index (χ4n) is 1.93. The molecule has 2 aromatic rings. The zero-order valence-electron chi connectivity index (χ0n) is 12.1. The highest BCUT2D eigenvalue weighted by atomic mass is 32.2. The number of hydrogen-bond acceptors (Lipinski definition) is 3. The minimum absolute atomic E-state index is 0.317. The Morgan fingerprint density at radius 2 is 2.09 bits per heavy atom. The fourth-order valence-corrected chi connectivity index (χ4v) is 2.79. The summed E-state index contributed by atoms with van der Waals surface area (Å²) in [6, 6.07) is 13.6. The SMILES string of the molecule is Cc1ccc(F)cc1C(=O)Nc1ccccc1SCCC#N. The minimum atomic E-state index is -0.438. The van der Waals surface area contributed by atoms with Crippen LogP contribution in [0.3, 0.4) is 0 Å². The highest BCUT2D eigenvalue weighted by Crippen LogP contribution is 2.28. The Morgan fingerprint density at radius 3 is 2.86 bits per heavy atom. The van der Waals surface area contributed by atoms with Gasteiger partial charge in [0.2, 0.25) is 0 Å². The molecule has 1 N–H and O–H groups in total. The van der Waals surface area contributed by atoms with E-state index in [2.05, 4.69) is 11.4 Å². The summed E-state index contributed by atoms with van der Waals surface area (Å²) >= 11 is 1.50. The number of aryl methyl sites for hydroxylation is 1. The second-order valence-corrected chi connectivity index (χ2v) is 5.80. The zero-order valence-corrected chi connectivity index (χ0v) is 12.9. The Morgan fingerprint density at radius 1 is 1.32 bits per heavy atom. The van der Waals surface area contributed by atoms with Crippen LogP contribution in [0.2, 0.25) is 0 Å². The van der Waals surface area contributed by atoms with Gasteiger partial charge < -0.3 is 5.32 Å². The molecular weight excluding hydrogens is 299 g/mol. The molecular formula is C17H15FN2OS. The quantitative estimate of drug-likeness (QED) is 0.657. The van der Waals surface area contributed by atoms with Gasteiger partial charge in [0.15, 0.2) is 0 Å². The molecule has 0 radical (unpaired) electrons. The van der Waals surface area contributed by atoms with Gasteiger partial charge in [-0.2, -0.15) is 5.26 Å². The molecule has 0 spiro atoms. The number of amides is 1. The largest absolute Gasteiger partial charge is 0.321 e. The van der Waals surface area contributed by atoms with Gasteiger partial charge in [-0.15, -0.1) is 11.8 Å². The number of nitrogens with one attached hydrogen (secondary N) is 1. The maximum absolute atomic E-state index is 13.3. The number of rotatable bonds is 5. The van der Waals surface area contributed by atoms with Gasteiger partial charge in [-0.3, -0.25) is 4.79 Å². The lowest BCUT2D eigenvalue weighted by Crippen LogP contribution is -2.14. The smallest absolute Gasteiger partial charge is 0.256 e. The number of hydrogen-bond donors (Lipinski definition) is 1. The number of carbonyl (C=O) groups excluding carboxylic acids is 1. The zero-order chi connectivity index (χ0) is 15.9. The second-order valence-electron chi connectivity index (χ2n) is 4.67. The van der Waals surface area contributed by atoms with E-state index in [9.17, 15) is 9.18 Å². The van der Waals surface area contributed by atoms with Crippen molar-refractivity contribution in [2.24, 2.45) is 0 Å². The van der Waals surface area contributed by atoms with Gasteiger partial charge in [-0.25, -0.2) is 4.39 Å². The third-order valence-electron chi connectivity index (χ3n) is 3.05. The number of halogens is 1. The van der Waals surface area contributed by atoms with Crippen molar-refractivity contribution in [2.45, 2.75) is 18.2 Å². The predicted molar refractivity (Wildman–Crippen MR) is 86.5 cm³/mol. The van der Waals surface area contributed by atoms with Gasteiger partial charge >= 0.3 is 0 Å². The highest BCUT2D eigenvalue weighted by Gasteiger charge is 2.12. The van der Waals surface area contributed by atoms with Crippen molar-refractivity contribution in [1.29, 1.82) is 5.26 Å². The first kappa shape index (κ1) is 16.1. The fraction of sp³-hybridized carbons (Fsp3) is 0.176. The van der Waals surface area contributed by atoms with E-state index < -0.39 is 5.82 Å². The maximum atomic E-state index is 13.3. The van der Waals surface area contributed by atoms with E-state index in [1.807, 2.05) is 18.2 Å². The number of nitriles is 1. The Balaban J connectivity index is 2.18. The van der Waals surface area contributed by atoms with E-state index in [4.69, 9.17) is 5.26 Å². The topological polar surface area (TPSA) is 52.9 Å². The summed E-state index contributed by atoms with van der Waals surface area (Å²) in [5, 5.41) is 11.4. The van der Waals surface area contributed by atoms with Crippen molar-refractivity contribution in [3.8, 4) is 6.07 Å². The Kier molecular flexibility index (Phi) is 5.56. The molecule has 22 heavy (non-hydrogen) atoms. The summed E-state index contributed by atoms with van der Waals surface area (Å²) in [6.45, 7) is 1.77. The molecule has 3 nitrogen and oxygen atoms in total. The third-order valence-corrected chi connectivity index (χ3v) is 4.13. The Hall–Kier alpha value is -2.32. The molecule has 0 saturated carbocycles. The number of anilines is 1.